The van der Waals surface area contributed by atoms with Crippen LogP contribution in [0.2, 0.25) is 0 Å². The lowest BCUT2D eigenvalue weighted by molar-refractivity contribution is -0.140. The number of hydrogen-bond acceptors (Lipinski definition) is 1. The molecule has 1 aromatic rings. The first-order chi connectivity index (χ1) is 6.97. The fourth-order valence-electron chi connectivity index (χ4n) is 1.70. The van der Waals surface area contributed by atoms with Gasteiger partial charge >= 0.3 is 5.97 Å². The van der Waals surface area contributed by atoms with E-state index in [1.807, 2.05) is 0 Å². The molecule has 0 atom stereocenters. The Kier molecular flexibility index (Phi) is 1.99. The lowest BCUT2D eigenvalue weighted by atomic mass is 9.95. The molecule has 0 saturated heterocycles. The predicted octanol–water partition coefficient (Wildman–Crippen LogP) is 2.22. The second kappa shape index (κ2) is 2.98. The molecule has 2 rings (SSSR count). The molecular weight excluding hydrogens is 209 g/mol. The summed E-state index contributed by atoms with van der Waals surface area (Å²) in [6, 6.07) is 1.00. The van der Waals surface area contributed by atoms with Crippen molar-refractivity contribution in [2.24, 2.45) is 0 Å². The third-order valence-electron chi connectivity index (χ3n) is 2.64. The van der Waals surface area contributed by atoms with E-state index in [0.29, 0.717) is 12.1 Å². The molecule has 1 fully saturated rings. The molecule has 0 aliphatic heterocycles. The van der Waals surface area contributed by atoms with Gasteiger partial charge in [0.15, 0.2) is 0 Å². The Morgan fingerprint density at radius 2 is 1.67 bits per heavy atom. The van der Waals surface area contributed by atoms with Crippen LogP contribution in [0.3, 0.4) is 0 Å². The summed E-state index contributed by atoms with van der Waals surface area (Å²) in [6.07, 6.45) is 0.365. The zero-order valence-corrected chi connectivity index (χ0v) is 7.56. The molecule has 2 nitrogen and oxygen atoms in total. The lowest BCUT2D eigenvalue weighted by Crippen LogP contribution is -2.22. The van der Waals surface area contributed by atoms with Crippen molar-refractivity contribution in [2.75, 3.05) is 0 Å². The maximum atomic E-state index is 13.3. The minimum atomic E-state index is -1.48. The molecule has 0 amide bonds. The Morgan fingerprint density at radius 3 is 2.00 bits per heavy atom. The average molecular weight is 216 g/mol. The van der Waals surface area contributed by atoms with E-state index >= 15 is 0 Å². The second-order valence-corrected chi connectivity index (χ2v) is 3.63. The molecule has 1 saturated carbocycles. The van der Waals surface area contributed by atoms with E-state index in [0.717, 1.165) is 0 Å². The van der Waals surface area contributed by atoms with E-state index in [2.05, 4.69) is 0 Å². The monoisotopic (exact) mass is 216 g/mol. The van der Waals surface area contributed by atoms with Gasteiger partial charge in [-0.1, -0.05) is 0 Å². The number of carbonyl (C=O) groups is 1. The predicted molar refractivity (Wildman–Crippen MR) is 44.9 cm³/mol. The van der Waals surface area contributed by atoms with Crippen LogP contribution in [-0.2, 0) is 10.2 Å². The molecule has 1 N–H and O–H groups in total. The van der Waals surface area contributed by atoms with Crippen molar-refractivity contribution < 1.29 is 23.1 Å². The summed E-state index contributed by atoms with van der Waals surface area (Å²) in [7, 11) is 0. The van der Waals surface area contributed by atoms with Crippen LogP contribution in [0, 0.1) is 17.5 Å². The van der Waals surface area contributed by atoms with Crippen LogP contribution in [0.25, 0.3) is 0 Å². The van der Waals surface area contributed by atoms with E-state index in [-0.39, 0.29) is 12.8 Å². The highest BCUT2D eigenvalue weighted by Crippen LogP contribution is 2.50. The van der Waals surface area contributed by atoms with E-state index < -0.39 is 34.4 Å². The Balaban J connectivity index is 2.58. The molecular formula is C10H7F3O2. The summed E-state index contributed by atoms with van der Waals surface area (Å²) < 4.78 is 39.1. The minimum absolute atomic E-state index is 0.182. The fraction of sp³-hybridized carbons (Fsp3) is 0.300. The highest BCUT2D eigenvalue weighted by atomic mass is 19.1. The maximum Gasteiger partial charge on any atom is 0.314 e. The van der Waals surface area contributed by atoms with Crippen molar-refractivity contribution in [3.8, 4) is 0 Å². The minimum Gasteiger partial charge on any atom is -0.481 e. The van der Waals surface area contributed by atoms with E-state index in [9.17, 15) is 18.0 Å². The van der Waals surface area contributed by atoms with Gasteiger partial charge in [-0.25, -0.2) is 13.2 Å². The molecule has 1 aromatic carbocycles. The number of rotatable bonds is 2. The van der Waals surface area contributed by atoms with E-state index in [1.165, 1.54) is 0 Å². The van der Waals surface area contributed by atoms with Crippen LogP contribution in [0.1, 0.15) is 18.4 Å². The molecule has 0 spiro atoms. The first kappa shape index (κ1) is 10.0. The summed E-state index contributed by atoms with van der Waals surface area (Å²) in [5.41, 5.74) is -2.02. The molecule has 0 unspecified atom stereocenters. The van der Waals surface area contributed by atoms with Crippen LogP contribution in [-0.4, -0.2) is 11.1 Å². The summed E-state index contributed by atoms with van der Waals surface area (Å²) in [5, 5.41) is 8.85. The number of carboxylic acid groups (broad SMARTS) is 1. The normalized spacial score (nSPS) is 17.5. The van der Waals surface area contributed by atoms with Crippen LogP contribution in [0.4, 0.5) is 13.2 Å². The number of benzene rings is 1. The van der Waals surface area contributed by atoms with Gasteiger partial charge in [0.25, 0.3) is 0 Å². The van der Waals surface area contributed by atoms with Crippen molar-refractivity contribution in [1.29, 1.82) is 0 Å². The third kappa shape index (κ3) is 1.38. The van der Waals surface area contributed by atoms with Gasteiger partial charge < -0.3 is 5.11 Å². The Hall–Kier alpha value is -1.52. The van der Waals surface area contributed by atoms with E-state index in [4.69, 9.17) is 5.11 Å². The summed E-state index contributed by atoms with van der Waals surface area (Å²) in [5.74, 6) is -4.58. The number of carboxylic acids is 1. The highest BCUT2D eigenvalue weighted by Gasteiger charge is 2.55. The van der Waals surface area contributed by atoms with Gasteiger partial charge in [0.2, 0.25) is 0 Å². The van der Waals surface area contributed by atoms with Crippen molar-refractivity contribution in [1.82, 2.24) is 0 Å². The molecule has 15 heavy (non-hydrogen) atoms. The van der Waals surface area contributed by atoms with Crippen LogP contribution in [0.15, 0.2) is 12.1 Å². The zero-order chi connectivity index (χ0) is 11.2. The van der Waals surface area contributed by atoms with E-state index in [1.54, 1.807) is 0 Å². The standard InChI is InChI=1S/C10H7F3O2/c11-5-3-6(12)8(7(13)4-5)10(1-2-10)9(14)15/h3-4H,1-2H2,(H,14,15). The molecule has 5 heteroatoms. The summed E-state index contributed by atoms with van der Waals surface area (Å²) >= 11 is 0. The van der Waals surface area contributed by atoms with Crippen molar-refractivity contribution in [3.05, 3.63) is 35.1 Å². The third-order valence-corrected chi connectivity index (χ3v) is 2.64. The molecule has 1 aliphatic carbocycles. The number of aliphatic carboxylic acids is 1. The number of halogens is 3. The van der Waals surface area contributed by atoms with Crippen molar-refractivity contribution in [2.45, 2.75) is 18.3 Å². The topological polar surface area (TPSA) is 37.3 Å². The van der Waals surface area contributed by atoms with Crippen molar-refractivity contribution >= 4 is 5.97 Å². The Bertz CT molecular complexity index is 415. The van der Waals surface area contributed by atoms with Gasteiger partial charge in [-0.3, -0.25) is 4.79 Å². The lowest BCUT2D eigenvalue weighted by Gasteiger charge is -2.12. The van der Waals surface area contributed by atoms with Gasteiger partial charge in [-0.05, 0) is 12.8 Å². The van der Waals surface area contributed by atoms with Crippen LogP contribution < -0.4 is 0 Å². The van der Waals surface area contributed by atoms with Gasteiger partial charge in [-0.2, -0.15) is 0 Å². The molecule has 0 radical (unpaired) electrons. The largest absolute Gasteiger partial charge is 0.481 e. The fourth-order valence-corrected chi connectivity index (χ4v) is 1.70. The summed E-state index contributed by atoms with van der Waals surface area (Å²) in [4.78, 5) is 10.8. The smallest absolute Gasteiger partial charge is 0.314 e. The van der Waals surface area contributed by atoms with Gasteiger partial charge in [-0.15, -0.1) is 0 Å². The SMILES string of the molecule is O=C(O)C1(c2c(F)cc(F)cc2F)CC1. The van der Waals surface area contributed by atoms with Crippen LogP contribution >= 0.6 is 0 Å². The molecule has 0 heterocycles. The van der Waals surface area contributed by atoms with Gasteiger partial charge in [0.05, 0.1) is 5.41 Å². The second-order valence-electron chi connectivity index (χ2n) is 3.63. The first-order valence-electron chi connectivity index (χ1n) is 4.36. The Morgan fingerprint density at radius 1 is 1.20 bits per heavy atom. The van der Waals surface area contributed by atoms with Crippen LogP contribution in [0.5, 0.6) is 0 Å². The molecule has 1 aliphatic rings. The average Bonchev–Trinajstić information content (AvgIpc) is 2.83. The zero-order valence-electron chi connectivity index (χ0n) is 7.56. The van der Waals surface area contributed by atoms with Gasteiger partial charge in [0.1, 0.15) is 17.5 Å². The van der Waals surface area contributed by atoms with Crippen molar-refractivity contribution in [3.63, 3.8) is 0 Å². The highest BCUT2D eigenvalue weighted by molar-refractivity contribution is 5.85. The Labute approximate surface area is 83.3 Å². The maximum absolute atomic E-state index is 13.3. The quantitative estimate of drug-likeness (QED) is 0.822. The first-order valence-corrected chi connectivity index (χ1v) is 4.36. The van der Waals surface area contributed by atoms with Gasteiger partial charge in [0, 0.05) is 17.7 Å². The molecule has 80 valence electrons. The molecule has 0 bridgehead atoms. The number of hydrogen-bond donors (Lipinski definition) is 1. The molecule has 0 aromatic heterocycles. The summed E-state index contributed by atoms with van der Waals surface area (Å²) in [6.45, 7) is 0.